The number of hydrogen-bond donors (Lipinski definition) is 1. The smallest absolute Gasteiger partial charge is 0.385 e. The highest BCUT2D eigenvalue weighted by atomic mass is 79.9. The summed E-state index contributed by atoms with van der Waals surface area (Å²) in [6.07, 6.45) is -4.47. The molecule has 0 radical (unpaired) electrons. The summed E-state index contributed by atoms with van der Waals surface area (Å²) in [5.74, 6) is 0. The first-order valence-corrected chi connectivity index (χ1v) is 10.4. The SMILES string of the molecule is O=S(=O)(c1cccc(Br)c1)N1CCC(O)(c2cccc(C(F)(F)F)c2)CC1. The zero-order valence-corrected chi connectivity index (χ0v) is 16.5. The number of hydrogen-bond acceptors (Lipinski definition) is 3. The van der Waals surface area contributed by atoms with Gasteiger partial charge < -0.3 is 5.11 Å². The molecule has 4 nitrogen and oxygen atoms in total. The van der Waals surface area contributed by atoms with E-state index in [0.29, 0.717) is 4.47 Å². The third-order valence-corrected chi connectivity index (χ3v) is 7.10. The first kappa shape index (κ1) is 20.3. The summed E-state index contributed by atoms with van der Waals surface area (Å²) < 4.78 is 66.1. The summed E-state index contributed by atoms with van der Waals surface area (Å²) >= 11 is 3.24. The maximum atomic E-state index is 12.9. The van der Waals surface area contributed by atoms with Gasteiger partial charge in [0.05, 0.1) is 16.1 Å². The highest BCUT2D eigenvalue weighted by Gasteiger charge is 2.39. The van der Waals surface area contributed by atoms with Gasteiger partial charge in [-0.25, -0.2) is 8.42 Å². The molecule has 1 aliphatic rings. The molecule has 1 heterocycles. The Morgan fingerprint density at radius 2 is 1.67 bits per heavy atom. The zero-order valence-electron chi connectivity index (χ0n) is 14.1. The normalized spacial score (nSPS) is 18.4. The standard InChI is InChI=1S/C18H17BrF3NO3S/c19-15-5-2-6-16(12-15)27(25,26)23-9-7-17(24,8-10-23)13-3-1-4-14(11-13)18(20,21)22/h1-6,11-12,24H,7-10H2. The van der Waals surface area contributed by atoms with Crippen LogP contribution >= 0.6 is 15.9 Å². The number of piperidine rings is 1. The average molecular weight is 464 g/mol. The van der Waals surface area contributed by atoms with Crippen molar-refractivity contribution in [2.45, 2.75) is 29.5 Å². The van der Waals surface area contributed by atoms with Gasteiger partial charge in [0.15, 0.2) is 0 Å². The molecular formula is C18H17BrF3NO3S. The van der Waals surface area contributed by atoms with Crippen molar-refractivity contribution in [1.82, 2.24) is 4.31 Å². The molecule has 0 atom stereocenters. The predicted octanol–water partition coefficient (Wildman–Crippen LogP) is 4.14. The van der Waals surface area contributed by atoms with Gasteiger partial charge in [-0.05, 0) is 48.7 Å². The van der Waals surface area contributed by atoms with E-state index in [1.165, 1.54) is 28.6 Å². The van der Waals surface area contributed by atoms with E-state index in [2.05, 4.69) is 15.9 Å². The first-order valence-electron chi connectivity index (χ1n) is 8.18. The van der Waals surface area contributed by atoms with Crippen molar-refractivity contribution < 1.29 is 26.7 Å². The van der Waals surface area contributed by atoms with Crippen LogP contribution in [0.25, 0.3) is 0 Å². The van der Waals surface area contributed by atoms with Crippen LogP contribution in [0, 0.1) is 0 Å². The van der Waals surface area contributed by atoms with Crippen molar-refractivity contribution in [3.05, 3.63) is 64.1 Å². The van der Waals surface area contributed by atoms with Crippen LogP contribution in [-0.2, 0) is 21.8 Å². The van der Waals surface area contributed by atoms with Crippen molar-refractivity contribution in [2.24, 2.45) is 0 Å². The van der Waals surface area contributed by atoms with E-state index in [9.17, 15) is 26.7 Å². The van der Waals surface area contributed by atoms with E-state index in [1.807, 2.05) is 0 Å². The van der Waals surface area contributed by atoms with Gasteiger partial charge in [-0.15, -0.1) is 0 Å². The van der Waals surface area contributed by atoms with Crippen molar-refractivity contribution in [3.8, 4) is 0 Å². The Kier molecular flexibility index (Phi) is 5.42. The average Bonchev–Trinajstić information content (AvgIpc) is 2.61. The van der Waals surface area contributed by atoms with E-state index >= 15 is 0 Å². The van der Waals surface area contributed by atoms with Crippen LogP contribution in [0.1, 0.15) is 24.0 Å². The van der Waals surface area contributed by atoms with Crippen LogP contribution in [0.15, 0.2) is 57.9 Å². The molecule has 0 aromatic heterocycles. The molecule has 2 aromatic rings. The van der Waals surface area contributed by atoms with Crippen molar-refractivity contribution in [3.63, 3.8) is 0 Å². The number of aliphatic hydroxyl groups is 1. The Labute approximate surface area is 163 Å². The van der Waals surface area contributed by atoms with Gasteiger partial charge in [0.25, 0.3) is 0 Å². The predicted molar refractivity (Wildman–Crippen MR) is 97.5 cm³/mol. The minimum atomic E-state index is -4.50. The van der Waals surface area contributed by atoms with E-state index in [4.69, 9.17) is 0 Å². The first-order chi connectivity index (χ1) is 12.5. The molecule has 1 N–H and O–H groups in total. The molecule has 27 heavy (non-hydrogen) atoms. The monoisotopic (exact) mass is 463 g/mol. The third-order valence-electron chi connectivity index (χ3n) is 4.71. The van der Waals surface area contributed by atoms with Crippen molar-refractivity contribution >= 4 is 26.0 Å². The Balaban J connectivity index is 1.80. The van der Waals surface area contributed by atoms with Crippen LogP contribution in [-0.4, -0.2) is 30.9 Å². The zero-order chi connectivity index (χ0) is 19.9. The topological polar surface area (TPSA) is 57.6 Å². The van der Waals surface area contributed by atoms with Gasteiger partial charge in [0.2, 0.25) is 10.0 Å². The fourth-order valence-corrected chi connectivity index (χ4v) is 5.19. The summed E-state index contributed by atoms with van der Waals surface area (Å²) in [5, 5.41) is 10.8. The number of benzene rings is 2. The lowest BCUT2D eigenvalue weighted by molar-refractivity contribution is -0.137. The van der Waals surface area contributed by atoms with Gasteiger partial charge in [-0.2, -0.15) is 17.5 Å². The second kappa shape index (κ2) is 7.20. The van der Waals surface area contributed by atoms with E-state index in [1.54, 1.807) is 12.1 Å². The molecule has 1 aliphatic heterocycles. The van der Waals surface area contributed by atoms with Crippen LogP contribution in [0.2, 0.25) is 0 Å². The molecule has 0 bridgehead atoms. The van der Waals surface area contributed by atoms with Gasteiger partial charge in [0.1, 0.15) is 0 Å². The van der Waals surface area contributed by atoms with Gasteiger partial charge in [-0.1, -0.05) is 34.1 Å². The number of halogens is 4. The highest BCUT2D eigenvalue weighted by Crippen LogP contribution is 2.37. The van der Waals surface area contributed by atoms with Gasteiger partial charge in [0, 0.05) is 17.6 Å². The lowest BCUT2D eigenvalue weighted by Gasteiger charge is -2.38. The molecule has 146 valence electrons. The maximum absolute atomic E-state index is 12.9. The lowest BCUT2D eigenvalue weighted by atomic mass is 9.84. The minimum absolute atomic E-state index is 0.0154. The number of sulfonamides is 1. The number of alkyl halides is 3. The molecule has 0 aliphatic carbocycles. The summed E-state index contributed by atoms with van der Waals surface area (Å²) in [6.45, 7) is 0.0309. The molecular weight excluding hydrogens is 447 g/mol. The van der Waals surface area contributed by atoms with Crippen LogP contribution < -0.4 is 0 Å². The second-order valence-corrected chi connectivity index (χ2v) is 9.33. The van der Waals surface area contributed by atoms with Crippen molar-refractivity contribution in [1.29, 1.82) is 0 Å². The summed E-state index contributed by atoms with van der Waals surface area (Å²) in [5.41, 5.74) is -2.18. The van der Waals surface area contributed by atoms with E-state index in [-0.39, 0.29) is 36.4 Å². The summed E-state index contributed by atoms with van der Waals surface area (Å²) in [4.78, 5) is 0.126. The lowest BCUT2D eigenvalue weighted by Crippen LogP contribution is -2.45. The molecule has 3 rings (SSSR count). The van der Waals surface area contributed by atoms with Gasteiger partial charge >= 0.3 is 6.18 Å². The molecule has 0 unspecified atom stereocenters. The quantitative estimate of drug-likeness (QED) is 0.743. The van der Waals surface area contributed by atoms with E-state index in [0.717, 1.165) is 12.1 Å². The van der Waals surface area contributed by atoms with Crippen LogP contribution in [0.3, 0.4) is 0 Å². The summed E-state index contributed by atoms with van der Waals surface area (Å²) in [6, 6.07) is 10.9. The minimum Gasteiger partial charge on any atom is -0.385 e. The van der Waals surface area contributed by atoms with E-state index < -0.39 is 27.4 Å². The summed E-state index contributed by atoms with van der Waals surface area (Å²) in [7, 11) is -3.74. The Morgan fingerprint density at radius 3 is 2.26 bits per heavy atom. The Hall–Kier alpha value is -1.42. The molecule has 1 fully saturated rings. The molecule has 0 saturated carbocycles. The fraction of sp³-hybridized carbons (Fsp3) is 0.333. The molecule has 0 spiro atoms. The largest absolute Gasteiger partial charge is 0.416 e. The third kappa shape index (κ3) is 4.21. The molecule has 1 saturated heterocycles. The molecule has 0 amide bonds. The Bertz CT molecular complexity index is 939. The van der Waals surface area contributed by atoms with Crippen LogP contribution in [0.5, 0.6) is 0 Å². The fourth-order valence-electron chi connectivity index (χ4n) is 3.15. The number of nitrogens with zero attached hydrogens (tertiary/aromatic N) is 1. The second-order valence-electron chi connectivity index (χ2n) is 6.47. The maximum Gasteiger partial charge on any atom is 0.416 e. The Morgan fingerprint density at radius 1 is 1.04 bits per heavy atom. The van der Waals surface area contributed by atoms with Crippen molar-refractivity contribution in [2.75, 3.05) is 13.1 Å². The van der Waals surface area contributed by atoms with Crippen LogP contribution in [0.4, 0.5) is 13.2 Å². The molecule has 9 heteroatoms. The number of rotatable bonds is 3. The van der Waals surface area contributed by atoms with Gasteiger partial charge in [-0.3, -0.25) is 0 Å². The molecule has 2 aromatic carbocycles. The highest BCUT2D eigenvalue weighted by molar-refractivity contribution is 9.10.